The number of methoxy groups -OCH3 is 2. The molecule has 0 radical (unpaired) electrons. The number of benzene rings is 2. The van der Waals surface area contributed by atoms with Crippen molar-refractivity contribution in [1.82, 2.24) is 0 Å². The van der Waals surface area contributed by atoms with Crippen LogP contribution >= 0.6 is 15.9 Å². The highest BCUT2D eigenvalue weighted by Crippen LogP contribution is 2.38. The fourth-order valence-corrected chi connectivity index (χ4v) is 2.48. The van der Waals surface area contributed by atoms with Gasteiger partial charge in [-0.1, -0.05) is 34.1 Å². The van der Waals surface area contributed by atoms with E-state index in [0.717, 1.165) is 10.0 Å². The van der Waals surface area contributed by atoms with Gasteiger partial charge in [0.1, 0.15) is 0 Å². The van der Waals surface area contributed by atoms with Gasteiger partial charge in [-0.25, -0.2) is 0 Å². The van der Waals surface area contributed by atoms with Gasteiger partial charge in [0.25, 0.3) is 0 Å². The van der Waals surface area contributed by atoms with Crippen molar-refractivity contribution in [3.8, 4) is 17.2 Å². The molecule has 0 bridgehead atoms. The Morgan fingerprint density at radius 1 is 1.12 bits per heavy atom. The highest BCUT2D eigenvalue weighted by Gasteiger charge is 2.16. The second-order valence-electron chi connectivity index (χ2n) is 5.04. The van der Waals surface area contributed by atoms with Gasteiger partial charge in [-0.3, -0.25) is 4.79 Å². The Balaban J connectivity index is 2.20. The van der Waals surface area contributed by atoms with E-state index < -0.39 is 0 Å². The minimum Gasteiger partial charge on any atom is -0.493 e. The van der Waals surface area contributed by atoms with E-state index in [4.69, 9.17) is 14.2 Å². The van der Waals surface area contributed by atoms with Crippen LogP contribution in [0.2, 0.25) is 0 Å². The van der Waals surface area contributed by atoms with Gasteiger partial charge in [0.05, 0.1) is 14.2 Å². The standard InChI is InChI=1S/C19H19BrO4/c1-4-5-13-10-17(22-2)19(18(11-13)23-3)24-12-16(21)14-6-8-15(20)9-7-14/h4,6-11H,1,5,12H2,2-3H3. The van der Waals surface area contributed by atoms with Gasteiger partial charge in [-0.2, -0.15) is 0 Å². The van der Waals surface area contributed by atoms with E-state index in [9.17, 15) is 4.79 Å². The molecule has 126 valence electrons. The molecule has 2 aromatic carbocycles. The lowest BCUT2D eigenvalue weighted by Gasteiger charge is -2.15. The van der Waals surface area contributed by atoms with Crippen molar-refractivity contribution in [2.75, 3.05) is 20.8 Å². The van der Waals surface area contributed by atoms with Gasteiger partial charge in [0.15, 0.2) is 23.9 Å². The Hall–Kier alpha value is -2.27. The molecule has 0 unspecified atom stereocenters. The number of halogens is 1. The number of ether oxygens (including phenoxy) is 3. The number of Topliss-reactive ketones (excluding diaryl/α,β-unsaturated/α-hetero) is 1. The SMILES string of the molecule is C=CCc1cc(OC)c(OCC(=O)c2ccc(Br)cc2)c(OC)c1. The molecule has 0 saturated heterocycles. The van der Waals surface area contributed by atoms with Crippen LogP contribution in [0.1, 0.15) is 15.9 Å². The first-order valence-electron chi connectivity index (χ1n) is 7.36. The molecule has 4 nitrogen and oxygen atoms in total. The summed E-state index contributed by atoms with van der Waals surface area (Å²) in [5.41, 5.74) is 1.57. The second-order valence-corrected chi connectivity index (χ2v) is 5.96. The summed E-state index contributed by atoms with van der Waals surface area (Å²) in [4.78, 5) is 12.3. The number of rotatable bonds is 8. The lowest BCUT2D eigenvalue weighted by atomic mass is 10.1. The van der Waals surface area contributed by atoms with Gasteiger partial charge in [-0.05, 0) is 36.2 Å². The first-order chi connectivity index (χ1) is 11.6. The number of hydrogen-bond acceptors (Lipinski definition) is 4. The zero-order chi connectivity index (χ0) is 17.5. The molecule has 0 amide bonds. The van der Waals surface area contributed by atoms with Crippen LogP contribution in [0.25, 0.3) is 0 Å². The predicted octanol–water partition coefficient (Wildman–Crippen LogP) is 4.46. The van der Waals surface area contributed by atoms with Crippen molar-refractivity contribution < 1.29 is 19.0 Å². The maximum atomic E-state index is 12.3. The Labute approximate surface area is 150 Å². The molecular formula is C19H19BrO4. The molecule has 0 saturated carbocycles. The number of carbonyl (C=O) groups is 1. The molecule has 0 aliphatic carbocycles. The Bertz CT molecular complexity index is 698. The van der Waals surface area contributed by atoms with E-state index in [0.29, 0.717) is 29.2 Å². The number of hydrogen-bond donors (Lipinski definition) is 0. The molecular weight excluding hydrogens is 372 g/mol. The summed E-state index contributed by atoms with van der Waals surface area (Å²) in [6, 6.07) is 10.8. The van der Waals surface area contributed by atoms with Gasteiger partial charge in [-0.15, -0.1) is 6.58 Å². The quantitative estimate of drug-likeness (QED) is 0.493. The maximum Gasteiger partial charge on any atom is 0.204 e. The summed E-state index contributed by atoms with van der Waals surface area (Å²) in [5.74, 6) is 1.34. The zero-order valence-corrected chi connectivity index (χ0v) is 15.3. The molecule has 0 aromatic heterocycles. The highest BCUT2D eigenvalue weighted by atomic mass is 79.9. The van der Waals surface area contributed by atoms with Crippen molar-refractivity contribution in [1.29, 1.82) is 0 Å². The predicted molar refractivity (Wildman–Crippen MR) is 97.4 cm³/mol. The fourth-order valence-electron chi connectivity index (χ4n) is 2.22. The van der Waals surface area contributed by atoms with Crippen LogP contribution in [0, 0.1) is 0 Å². The molecule has 0 aliphatic heterocycles. The van der Waals surface area contributed by atoms with E-state index in [2.05, 4.69) is 22.5 Å². The third-order valence-electron chi connectivity index (χ3n) is 3.41. The molecule has 24 heavy (non-hydrogen) atoms. The van der Waals surface area contributed by atoms with Crippen LogP contribution in [0.5, 0.6) is 17.2 Å². The largest absolute Gasteiger partial charge is 0.493 e. The van der Waals surface area contributed by atoms with E-state index in [1.807, 2.05) is 24.3 Å². The summed E-state index contributed by atoms with van der Waals surface area (Å²) in [6.07, 6.45) is 2.48. The summed E-state index contributed by atoms with van der Waals surface area (Å²) < 4.78 is 17.4. The summed E-state index contributed by atoms with van der Waals surface area (Å²) in [5, 5.41) is 0. The fraction of sp³-hybridized carbons (Fsp3) is 0.211. The van der Waals surface area contributed by atoms with E-state index in [-0.39, 0.29) is 12.4 Å². The molecule has 0 spiro atoms. The first kappa shape index (κ1) is 18.1. The van der Waals surface area contributed by atoms with Crippen molar-refractivity contribution in [3.63, 3.8) is 0 Å². The molecule has 0 N–H and O–H groups in total. The molecule has 0 atom stereocenters. The van der Waals surface area contributed by atoms with Crippen LogP contribution < -0.4 is 14.2 Å². The molecule has 0 heterocycles. The number of ketones is 1. The molecule has 0 fully saturated rings. The van der Waals surface area contributed by atoms with Gasteiger partial charge < -0.3 is 14.2 Å². The Kier molecular flexibility index (Phi) is 6.44. The van der Waals surface area contributed by atoms with Gasteiger partial charge in [0.2, 0.25) is 5.75 Å². The van der Waals surface area contributed by atoms with E-state index >= 15 is 0 Å². The summed E-state index contributed by atoms with van der Waals surface area (Å²) in [7, 11) is 3.10. The molecule has 2 aromatic rings. The number of carbonyl (C=O) groups excluding carboxylic acids is 1. The van der Waals surface area contributed by atoms with E-state index in [1.54, 1.807) is 32.4 Å². The zero-order valence-electron chi connectivity index (χ0n) is 13.7. The Morgan fingerprint density at radius 3 is 2.21 bits per heavy atom. The topological polar surface area (TPSA) is 44.8 Å². The van der Waals surface area contributed by atoms with Crippen molar-refractivity contribution in [2.24, 2.45) is 0 Å². The molecule has 0 aliphatic rings. The minimum atomic E-state index is -0.123. The monoisotopic (exact) mass is 390 g/mol. The molecule has 2 rings (SSSR count). The van der Waals surface area contributed by atoms with Crippen LogP contribution in [-0.4, -0.2) is 26.6 Å². The summed E-state index contributed by atoms with van der Waals surface area (Å²) >= 11 is 3.34. The third kappa shape index (κ3) is 4.38. The van der Waals surface area contributed by atoms with Crippen LogP contribution in [0.3, 0.4) is 0 Å². The smallest absolute Gasteiger partial charge is 0.204 e. The normalized spacial score (nSPS) is 10.1. The van der Waals surface area contributed by atoms with Crippen molar-refractivity contribution in [3.05, 3.63) is 64.7 Å². The van der Waals surface area contributed by atoms with E-state index in [1.165, 1.54) is 0 Å². The maximum absolute atomic E-state index is 12.3. The average Bonchev–Trinajstić information content (AvgIpc) is 2.60. The Morgan fingerprint density at radius 2 is 1.71 bits per heavy atom. The first-order valence-corrected chi connectivity index (χ1v) is 8.15. The third-order valence-corrected chi connectivity index (χ3v) is 3.94. The summed E-state index contributed by atoms with van der Waals surface area (Å²) in [6.45, 7) is 3.63. The minimum absolute atomic E-state index is 0.102. The lowest BCUT2D eigenvalue weighted by Crippen LogP contribution is -2.12. The second kappa shape index (κ2) is 8.55. The van der Waals surface area contributed by atoms with Crippen molar-refractivity contribution >= 4 is 21.7 Å². The average molecular weight is 391 g/mol. The van der Waals surface area contributed by atoms with Crippen molar-refractivity contribution in [2.45, 2.75) is 6.42 Å². The van der Waals surface area contributed by atoms with Gasteiger partial charge >= 0.3 is 0 Å². The number of allylic oxidation sites excluding steroid dienone is 1. The lowest BCUT2D eigenvalue weighted by molar-refractivity contribution is 0.0917. The van der Waals surface area contributed by atoms with Gasteiger partial charge in [0, 0.05) is 10.0 Å². The molecule has 5 heteroatoms. The highest BCUT2D eigenvalue weighted by molar-refractivity contribution is 9.10. The van der Waals surface area contributed by atoms with Crippen LogP contribution in [-0.2, 0) is 6.42 Å². The van der Waals surface area contributed by atoms with Crippen LogP contribution in [0.15, 0.2) is 53.5 Å². The van der Waals surface area contributed by atoms with Crippen LogP contribution in [0.4, 0.5) is 0 Å².